The van der Waals surface area contributed by atoms with E-state index in [0.717, 1.165) is 17.7 Å². The summed E-state index contributed by atoms with van der Waals surface area (Å²) in [7, 11) is 0. The number of imide groups is 1. The lowest BCUT2D eigenvalue weighted by Gasteiger charge is -2.18. The number of aryl methyl sites for hydroxylation is 2. The second kappa shape index (κ2) is 3.81. The molecular formula is C17H17NO2. The quantitative estimate of drug-likeness (QED) is 0.579. The van der Waals surface area contributed by atoms with Gasteiger partial charge in [0.15, 0.2) is 0 Å². The molecule has 1 heterocycles. The van der Waals surface area contributed by atoms with Crippen LogP contribution >= 0.6 is 0 Å². The van der Waals surface area contributed by atoms with E-state index < -0.39 is 0 Å². The van der Waals surface area contributed by atoms with E-state index in [-0.39, 0.29) is 35.5 Å². The first kappa shape index (κ1) is 11.9. The van der Waals surface area contributed by atoms with E-state index >= 15 is 0 Å². The van der Waals surface area contributed by atoms with E-state index in [1.54, 1.807) is 0 Å². The minimum absolute atomic E-state index is 0.0000954. The minimum atomic E-state index is -0.112. The summed E-state index contributed by atoms with van der Waals surface area (Å²) in [6, 6.07) is 5.81. The lowest BCUT2D eigenvalue weighted by molar-refractivity contribution is -0.123. The standard InChI is InChI=1S/C17H17NO2/c1-9-3-6-13(7-10(9)2)18-16(19)14-11-4-5-12(8-11)15(14)17(18)20/h3-7,11-12,14-15H,8H2,1-2H3/t11-,12-,14+,15+/m0/s1. The number of nitrogens with zero attached hydrogens (tertiary/aromatic N) is 1. The van der Waals surface area contributed by atoms with Gasteiger partial charge in [-0.25, -0.2) is 0 Å². The van der Waals surface area contributed by atoms with Gasteiger partial charge in [0, 0.05) is 0 Å². The molecule has 0 aromatic heterocycles. The lowest BCUT2D eigenvalue weighted by Crippen LogP contribution is -2.32. The third-order valence-electron chi connectivity index (χ3n) is 5.22. The van der Waals surface area contributed by atoms with Crippen molar-refractivity contribution in [2.75, 3.05) is 4.90 Å². The summed E-state index contributed by atoms with van der Waals surface area (Å²) in [6.07, 6.45) is 5.23. The molecule has 3 aliphatic rings. The number of amides is 2. The van der Waals surface area contributed by atoms with Crippen LogP contribution in [0.15, 0.2) is 30.4 Å². The highest BCUT2D eigenvalue weighted by Gasteiger charge is 2.59. The molecule has 2 amide bonds. The van der Waals surface area contributed by atoms with Gasteiger partial charge >= 0.3 is 0 Å². The second-order valence-corrected chi connectivity index (χ2v) is 6.28. The Kier molecular flexibility index (Phi) is 2.27. The van der Waals surface area contributed by atoms with Crippen molar-refractivity contribution in [3.05, 3.63) is 41.5 Å². The highest BCUT2D eigenvalue weighted by Crippen LogP contribution is 2.53. The third kappa shape index (κ3) is 1.35. The fourth-order valence-electron chi connectivity index (χ4n) is 4.02. The third-order valence-corrected chi connectivity index (χ3v) is 5.22. The number of benzene rings is 1. The van der Waals surface area contributed by atoms with Gasteiger partial charge in [0.25, 0.3) is 0 Å². The predicted octanol–water partition coefficient (Wildman–Crippen LogP) is 2.61. The van der Waals surface area contributed by atoms with Gasteiger partial charge < -0.3 is 0 Å². The van der Waals surface area contributed by atoms with Crippen molar-refractivity contribution in [3.8, 4) is 0 Å². The van der Waals surface area contributed by atoms with Crippen molar-refractivity contribution in [3.63, 3.8) is 0 Å². The molecule has 1 aromatic carbocycles. The minimum Gasteiger partial charge on any atom is -0.274 e. The summed E-state index contributed by atoms with van der Waals surface area (Å²) in [5.41, 5.74) is 3.02. The number of fused-ring (bicyclic) bond motifs is 5. The fourth-order valence-corrected chi connectivity index (χ4v) is 4.02. The van der Waals surface area contributed by atoms with Gasteiger partial charge in [-0.15, -0.1) is 0 Å². The molecule has 0 N–H and O–H groups in total. The second-order valence-electron chi connectivity index (χ2n) is 6.28. The van der Waals surface area contributed by atoms with Crippen molar-refractivity contribution < 1.29 is 9.59 Å². The van der Waals surface area contributed by atoms with Crippen LogP contribution in [0, 0.1) is 37.5 Å². The highest BCUT2D eigenvalue weighted by atomic mass is 16.2. The van der Waals surface area contributed by atoms with Crippen LogP contribution in [0.2, 0.25) is 0 Å². The molecule has 3 heteroatoms. The first-order chi connectivity index (χ1) is 9.58. The number of hydrogen-bond donors (Lipinski definition) is 0. The largest absolute Gasteiger partial charge is 0.274 e. The van der Waals surface area contributed by atoms with Crippen molar-refractivity contribution in [1.82, 2.24) is 0 Å². The van der Waals surface area contributed by atoms with Crippen molar-refractivity contribution in [2.45, 2.75) is 20.3 Å². The Balaban J connectivity index is 1.76. The maximum absolute atomic E-state index is 12.7. The Hall–Kier alpha value is -1.90. The normalized spacial score (nSPS) is 34.2. The molecule has 2 bridgehead atoms. The van der Waals surface area contributed by atoms with Crippen LogP contribution in [-0.4, -0.2) is 11.8 Å². The number of rotatable bonds is 1. The van der Waals surface area contributed by atoms with Crippen molar-refractivity contribution in [1.29, 1.82) is 0 Å². The van der Waals surface area contributed by atoms with Crippen LogP contribution in [0.25, 0.3) is 0 Å². The molecule has 1 saturated carbocycles. The average molecular weight is 267 g/mol. The number of carbonyl (C=O) groups excluding carboxylic acids is 2. The van der Waals surface area contributed by atoms with Crippen molar-refractivity contribution in [2.24, 2.45) is 23.7 Å². The monoisotopic (exact) mass is 267 g/mol. The number of allylic oxidation sites excluding steroid dienone is 2. The van der Waals surface area contributed by atoms with Gasteiger partial charge in [-0.2, -0.15) is 0 Å². The van der Waals surface area contributed by atoms with Gasteiger partial charge in [0.05, 0.1) is 17.5 Å². The van der Waals surface area contributed by atoms with Crippen LogP contribution in [0.5, 0.6) is 0 Å². The number of hydrogen-bond acceptors (Lipinski definition) is 2. The summed E-state index contributed by atoms with van der Waals surface area (Å²) in [5.74, 6) is 0.328. The molecule has 2 aliphatic carbocycles. The summed E-state index contributed by atoms with van der Waals surface area (Å²) >= 11 is 0. The predicted molar refractivity (Wildman–Crippen MR) is 76.1 cm³/mol. The molecule has 0 spiro atoms. The molecule has 0 radical (unpaired) electrons. The van der Waals surface area contributed by atoms with E-state index in [2.05, 4.69) is 12.2 Å². The van der Waals surface area contributed by atoms with E-state index in [4.69, 9.17) is 0 Å². The maximum Gasteiger partial charge on any atom is 0.238 e. The van der Waals surface area contributed by atoms with Gasteiger partial charge in [-0.1, -0.05) is 18.2 Å². The van der Waals surface area contributed by atoms with Crippen LogP contribution < -0.4 is 4.90 Å². The Labute approximate surface area is 118 Å². The molecule has 4 atom stereocenters. The Morgan fingerprint density at radius 3 is 2.10 bits per heavy atom. The van der Waals surface area contributed by atoms with Crippen LogP contribution in [0.3, 0.4) is 0 Å². The van der Waals surface area contributed by atoms with Gasteiger partial charge in [0.2, 0.25) is 11.8 Å². The van der Waals surface area contributed by atoms with Crippen LogP contribution in [0.1, 0.15) is 17.5 Å². The zero-order valence-corrected chi connectivity index (χ0v) is 11.7. The SMILES string of the molecule is Cc1ccc(N2C(=O)[C@H]3[C@H](C2=O)[C@H]2C=C[C@H]3C2)cc1C. The van der Waals surface area contributed by atoms with E-state index in [1.165, 1.54) is 10.5 Å². The number of anilines is 1. The number of carbonyl (C=O) groups is 2. The average Bonchev–Trinajstić information content (AvgIpc) is 3.08. The molecule has 1 aromatic rings. The molecule has 1 aliphatic heterocycles. The summed E-state index contributed by atoms with van der Waals surface area (Å²) in [4.78, 5) is 26.7. The van der Waals surface area contributed by atoms with Gasteiger partial charge in [-0.3, -0.25) is 14.5 Å². The molecular weight excluding hydrogens is 250 g/mol. The van der Waals surface area contributed by atoms with Crippen molar-refractivity contribution >= 4 is 17.5 Å². The highest BCUT2D eigenvalue weighted by molar-refractivity contribution is 6.22. The Morgan fingerprint density at radius 2 is 1.55 bits per heavy atom. The molecule has 1 saturated heterocycles. The summed E-state index contributed by atoms with van der Waals surface area (Å²) in [6.45, 7) is 4.04. The maximum atomic E-state index is 12.7. The Morgan fingerprint density at radius 1 is 0.950 bits per heavy atom. The Bertz CT molecular complexity index is 631. The first-order valence-corrected chi connectivity index (χ1v) is 7.21. The van der Waals surface area contributed by atoms with E-state index in [0.29, 0.717) is 0 Å². The summed E-state index contributed by atoms with van der Waals surface area (Å²) < 4.78 is 0. The topological polar surface area (TPSA) is 37.4 Å². The lowest BCUT2D eigenvalue weighted by atomic mass is 9.85. The fraction of sp³-hybridized carbons (Fsp3) is 0.412. The molecule has 20 heavy (non-hydrogen) atoms. The molecule has 102 valence electrons. The molecule has 4 rings (SSSR count). The van der Waals surface area contributed by atoms with Crippen LogP contribution in [0.4, 0.5) is 5.69 Å². The van der Waals surface area contributed by atoms with Gasteiger partial charge in [-0.05, 0) is 55.4 Å². The molecule has 0 unspecified atom stereocenters. The van der Waals surface area contributed by atoms with E-state index in [9.17, 15) is 9.59 Å². The van der Waals surface area contributed by atoms with Gasteiger partial charge in [0.1, 0.15) is 0 Å². The first-order valence-electron chi connectivity index (χ1n) is 7.21. The van der Waals surface area contributed by atoms with Crippen LogP contribution in [-0.2, 0) is 9.59 Å². The zero-order valence-electron chi connectivity index (χ0n) is 11.7. The molecule has 3 nitrogen and oxygen atoms in total. The van der Waals surface area contributed by atoms with E-state index in [1.807, 2.05) is 32.0 Å². The summed E-state index contributed by atoms with van der Waals surface area (Å²) in [5, 5.41) is 0. The molecule has 2 fully saturated rings. The smallest absolute Gasteiger partial charge is 0.238 e. The zero-order chi connectivity index (χ0) is 14.0.